The lowest BCUT2D eigenvalue weighted by Gasteiger charge is -2.08. The van der Waals surface area contributed by atoms with Crippen LogP contribution in [0, 0.1) is 6.92 Å². The summed E-state index contributed by atoms with van der Waals surface area (Å²) in [5.74, 6) is 1.08. The van der Waals surface area contributed by atoms with Gasteiger partial charge in [-0.3, -0.25) is 4.79 Å². The third-order valence-electron chi connectivity index (χ3n) is 4.29. The van der Waals surface area contributed by atoms with Crippen molar-refractivity contribution in [1.82, 2.24) is 14.8 Å². The first-order valence-corrected chi connectivity index (χ1v) is 10.1. The summed E-state index contributed by atoms with van der Waals surface area (Å²) in [6, 6.07) is 16.1. The third-order valence-corrected chi connectivity index (χ3v) is 5.25. The van der Waals surface area contributed by atoms with Gasteiger partial charge in [0.15, 0.2) is 11.0 Å². The number of nitrogens with one attached hydrogen (secondary N) is 1. The molecular weight excluding hydrogens is 356 g/mol. The summed E-state index contributed by atoms with van der Waals surface area (Å²) in [4.78, 5) is 12.3. The molecule has 3 rings (SSSR count). The number of carbonyl (C=O) groups is 1. The third kappa shape index (κ3) is 4.77. The Labute approximate surface area is 164 Å². The van der Waals surface area contributed by atoms with Gasteiger partial charge in [-0.25, -0.2) is 0 Å². The minimum Gasteiger partial charge on any atom is -0.325 e. The zero-order valence-electron chi connectivity index (χ0n) is 15.9. The first-order chi connectivity index (χ1) is 13.1. The van der Waals surface area contributed by atoms with Crippen LogP contribution in [-0.2, 0) is 17.8 Å². The molecule has 0 saturated heterocycles. The molecule has 0 fully saturated rings. The van der Waals surface area contributed by atoms with Gasteiger partial charge in [-0.05, 0) is 44.0 Å². The van der Waals surface area contributed by atoms with Crippen molar-refractivity contribution < 1.29 is 4.79 Å². The molecule has 0 atom stereocenters. The Morgan fingerprint density at radius 2 is 1.89 bits per heavy atom. The van der Waals surface area contributed by atoms with Crippen LogP contribution in [0.5, 0.6) is 0 Å². The van der Waals surface area contributed by atoms with Gasteiger partial charge in [0.05, 0.1) is 5.75 Å². The predicted molar refractivity (Wildman–Crippen MR) is 111 cm³/mol. The first-order valence-electron chi connectivity index (χ1n) is 9.12. The van der Waals surface area contributed by atoms with Crippen molar-refractivity contribution in [1.29, 1.82) is 0 Å². The van der Waals surface area contributed by atoms with Crippen molar-refractivity contribution in [2.24, 2.45) is 0 Å². The minimum atomic E-state index is -0.0491. The molecule has 1 aromatic heterocycles. The first kappa shape index (κ1) is 19.2. The van der Waals surface area contributed by atoms with Gasteiger partial charge in [-0.15, -0.1) is 10.2 Å². The smallest absolute Gasteiger partial charge is 0.234 e. The molecule has 5 nitrogen and oxygen atoms in total. The number of rotatable bonds is 7. The van der Waals surface area contributed by atoms with E-state index < -0.39 is 0 Å². The second-order valence-electron chi connectivity index (χ2n) is 6.31. The van der Waals surface area contributed by atoms with E-state index in [1.807, 2.05) is 41.0 Å². The van der Waals surface area contributed by atoms with E-state index in [2.05, 4.69) is 48.4 Å². The number of benzene rings is 2. The number of nitrogens with zero attached hydrogens (tertiary/aromatic N) is 3. The fourth-order valence-corrected chi connectivity index (χ4v) is 3.63. The van der Waals surface area contributed by atoms with E-state index in [0.29, 0.717) is 5.75 Å². The number of carbonyl (C=O) groups excluding carboxylic acids is 1. The van der Waals surface area contributed by atoms with Crippen LogP contribution in [0.2, 0.25) is 0 Å². The maximum Gasteiger partial charge on any atom is 0.234 e. The summed E-state index contributed by atoms with van der Waals surface area (Å²) in [7, 11) is 0. The van der Waals surface area contributed by atoms with Gasteiger partial charge >= 0.3 is 0 Å². The highest BCUT2D eigenvalue weighted by atomic mass is 32.2. The van der Waals surface area contributed by atoms with E-state index in [0.717, 1.165) is 35.2 Å². The molecule has 1 heterocycles. The van der Waals surface area contributed by atoms with E-state index >= 15 is 0 Å². The molecule has 3 aromatic rings. The number of hydrogen-bond donors (Lipinski definition) is 1. The molecule has 0 aliphatic carbocycles. The highest BCUT2D eigenvalue weighted by molar-refractivity contribution is 7.99. The van der Waals surface area contributed by atoms with Gasteiger partial charge in [0.2, 0.25) is 5.91 Å². The number of anilines is 1. The minimum absolute atomic E-state index is 0.0491. The largest absolute Gasteiger partial charge is 0.325 e. The van der Waals surface area contributed by atoms with E-state index in [9.17, 15) is 4.79 Å². The zero-order valence-corrected chi connectivity index (χ0v) is 16.7. The van der Waals surface area contributed by atoms with Crippen molar-refractivity contribution in [2.45, 2.75) is 38.9 Å². The van der Waals surface area contributed by atoms with Crippen LogP contribution in [0.4, 0.5) is 5.69 Å². The Morgan fingerprint density at radius 3 is 2.56 bits per heavy atom. The molecule has 6 heteroatoms. The molecule has 27 heavy (non-hydrogen) atoms. The van der Waals surface area contributed by atoms with Gasteiger partial charge in [0.25, 0.3) is 0 Å². The van der Waals surface area contributed by atoms with Gasteiger partial charge in [-0.1, -0.05) is 54.6 Å². The maximum atomic E-state index is 12.3. The maximum absolute atomic E-state index is 12.3. The second-order valence-corrected chi connectivity index (χ2v) is 7.25. The summed E-state index contributed by atoms with van der Waals surface area (Å²) in [5.41, 5.74) is 4.29. The fraction of sp³-hybridized carbons (Fsp3) is 0.286. The summed E-state index contributed by atoms with van der Waals surface area (Å²) in [6.07, 6.45) is 0.986. The molecule has 0 spiro atoms. The highest BCUT2D eigenvalue weighted by Crippen LogP contribution is 2.24. The van der Waals surface area contributed by atoms with Crippen LogP contribution in [-0.4, -0.2) is 26.4 Å². The van der Waals surface area contributed by atoms with Gasteiger partial charge in [0, 0.05) is 17.8 Å². The molecule has 0 aliphatic heterocycles. The normalized spacial score (nSPS) is 10.8. The molecule has 0 aliphatic rings. The highest BCUT2D eigenvalue weighted by Gasteiger charge is 2.14. The summed E-state index contributed by atoms with van der Waals surface area (Å²) in [5, 5.41) is 12.3. The van der Waals surface area contributed by atoms with Crippen LogP contribution in [0.15, 0.2) is 53.7 Å². The Balaban J connectivity index is 1.66. The SMILES string of the molecule is CCc1ccc(NC(=O)CSc2nnc(-c3cccc(C)c3)n2CC)cc1. The van der Waals surface area contributed by atoms with Gasteiger partial charge in [-0.2, -0.15) is 0 Å². The summed E-state index contributed by atoms with van der Waals surface area (Å²) in [6.45, 7) is 6.98. The Bertz CT molecular complexity index is 918. The van der Waals surface area contributed by atoms with Gasteiger partial charge in [0.1, 0.15) is 0 Å². The van der Waals surface area contributed by atoms with Crippen molar-refractivity contribution in [3.05, 3.63) is 59.7 Å². The average molecular weight is 381 g/mol. The van der Waals surface area contributed by atoms with Gasteiger partial charge < -0.3 is 9.88 Å². The Kier molecular flexibility index (Phi) is 6.29. The summed E-state index contributed by atoms with van der Waals surface area (Å²) >= 11 is 1.40. The second kappa shape index (κ2) is 8.86. The fourth-order valence-electron chi connectivity index (χ4n) is 2.83. The van der Waals surface area contributed by atoms with Crippen molar-refractivity contribution in [3.63, 3.8) is 0 Å². The number of aryl methyl sites for hydroxylation is 2. The molecule has 0 bridgehead atoms. The lowest BCUT2D eigenvalue weighted by Crippen LogP contribution is -2.14. The van der Waals surface area contributed by atoms with Crippen LogP contribution < -0.4 is 5.32 Å². The molecular formula is C21H24N4OS. The number of amides is 1. The number of aromatic nitrogens is 3. The van der Waals surface area contributed by atoms with Crippen molar-refractivity contribution >= 4 is 23.4 Å². The molecule has 0 unspecified atom stereocenters. The predicted octanol–water partition coefficient (Wildman–Crippen LogP) is 4.57. The number of thioether (sulfide) groups is 1. The number of hydrogen-bond acceptors (Lipinski definition) is 4. The molecule has 2 aromatic carbocycles. The quantitative estimate of drug-likeness (QED) is 0.610. The van der Waals surface area contributed by atoms with Crippen LogP contribution in [0.3, 0.4) is 0 Å². The Morgan fingerprint density at radius 1 is 1.11 bits per heavy atom. The van der Waals surface area contributed by atoms with Crippen molar-refractivity contribution in [2.75, 3.05) is 11.1 Å². The lowest BCUT2D eigenvalue weighted by atomic mass is 10.1. The van der Waals surface area contributed by atoms with E-state index in [1.54, 1.807) is 0 Å². The molecule has 1 N–H and O–H groups in total. The topological polar surface area (TPSA) is 59.8 Å². The zero-order chi connectivity index (χ0) is 19.2. The van der Waals surface area contributed by atoms with E-state index in [1.165, 1.54) is 22.9 Å². The van der Waals surface area contributed by atoms with E-state index in [-0.39, 0.29) is 5.91 Å². The molecule has 0 radical (unpaired) electrons. The molecule has 140 valence electrons. The van der Waals surface area contributed by atoms with E-state index in [4.69, 9.17) is 0 Å². The Hall–Kier alpha value is -2.60. The lowest BCUT2D eigenvalue weighted by molar-refractivity contribution is -0.113. The standard InChI is InChI=1S/C21H24N4OS/c1-4-16-9-11-18(12-10-16)22-19(26)14-27-21-24-23-20(25(21)5-2)17-8-6-7-15(3)13-17/h6-13H,4-5,14H2,1-3H3,(H,22,26). The van der Waals surface area contributed by atoms with Crippen LogP contribution in [0.25, 0.3) is 11.4 Å². The monoisotopic (exact) mass is 380 g/mol. The van der Waals surface area contributed by atoms with Crippen molar-refractivity contribution in [3.8, 4) is 11.4 Å². The summed E-state index contributed by atoms with van der Waals surface area (Å²) < 4.78 is 2.04. The van der Waals surface area contributed by atoms with Crippen LogP contribution >= 0.6 is 11.8 Å². The molecule has 1 amide bonds. The average Bonchev–Trinajstić information content (AvgIpc) is 3.10. The van der Waals surface area contributed by atoms with Crippen LogP contribution in [0.1, 0.15) is 25.0 Å². The molecule has 0 saturated carbocycles.